The van der Waals surface area contributed by atoms with Gasteiger partial charge in [-0.05, 0) is 63.8 Å². The molecule has 0 saturated heterocycles. The highest BCUT2D eigenvalue weighted by atomic mass is 16.6. The van der Waals surface area contributed by atoms with Gasteiger partial charge in [0.25, 0.3) is 11.8 Å². The van der Waals surface area contributed by atoms with E-state index in [-0.39, 0.29) is 49.0 Å². The monoisotopic (exact) mass is 738 g/mol. The molecule has 2 aromatic rings. The van der Waals surface area contributed by atoms with Crippen LogP contribution in [-0.4, -0.2) is 86.1 Å². The molecule has 0 bridgehead atoms. The van der Waals surface area contributed by atoms with Gasteiger partial charge in [-0.15, -0.1) is 0 Å². The van der Waals surface area contributed by atoms with E-state index in [9.17, 15) is 33.6 Å². The number of rotatable bonds is 17. The van der Waals surface area contributed by atoms with Crippen molar-refractivity contribution in [1.82, 2.24) is 16.0 Å². The maximum Gasteiger partial charge on any atom is 0.412 e. The zero-order chi connectivity index (χ0) is 39.0. The fraction of sp³-hybridized carbons (Fsp3) is 0.500. The van der Waals surface area contributed by atoms with Crippen LogP contribution in [0.5, 0.6) is 0 Å². The van der Waals surface area contributed by atoms with Crippen molar-refractivity contribution in [2.24, 2.45) is 5.92 Å². The van der Waals surface area contributed by atoms with Crippen molar-refractivity contribution in [3.63, 3.8) is 0 Å². The Hall–Kier alpha value is -5.31. The predicted octanol–water partition coefficient (Wildman–Crippen LogP) is 3.84. The highest BCUT2D eigenvalue weighted by molar-refractivity contribution is 6.38. The summed E-state index contributed by atoms with van der Waals surface area (Å²) in [5.41, 5.74) is -0.149. The van der Waals surface area contributed by atoms with Crippen LogP contribution < -0.4 is 21.3 Å². The summed E-state index contributed by atoms with van der Waals surface area (Å²) in [6.45, 7) is 5.82. The second-order valence-corrected chi connectivity index (χ2v) is 13.6. The minimum Gasteiger partial charge on any atom is -0.465 e. The summed E-state index contributed by atoms with van der Waals surface area (Å²) in [7, 11) is 1.17. The molecule has 2 aromatic carbocycles. The Labute approximate surface area is 309 Å². The SMILES string of the molecule is CCOC(=O)CNC(=O)C(=O)[C@H](COCc1ccccc1)NC(=O)[C@H](CC1CCCCC1)NC(=O)c1ccc(C(=O)OC)c(NC(=O)OC(C)(C)C)c1. The Bertz CT molecular complexity index is 1600. The molecule has 0 aromatic heterocycles. The van der Waals surface area contributed by atoms with E-state index in [0.29, 0.717) is 0 Å². The number of nitrogens with one attached hydrogen (secondary N) is 4. The number of esters is 2. The van der Waals surface area contributed by atoms with E-state index in [1.807, 2.05) is 30.3 Å². The highest BCUT2D eigenvalue weighted by Crippen LogP contribution is 2.28. The second kappa shape index (κ2) is 20.7. The minimum atomic E-state index is -1.47. The van der Waals surface area contributed by atoms with Crippen LogP contribution in [0.15, 0.2) is 48.5 Å². The summed E-state index contributed by atoms with van der Waals surface area (Å²) in [4.78, 5) is 90.7. The van der Waals surface area contributed by atoms with Gasteiger partial charge in [0.1, 0.15) is 24.2 Å². The van der Waals surface area contributed by atoms with Gasteiger partial charge in [-0.3, -0.25) is 29.3 Å². The van der Waals surface area contributed by atoms with Crippen LogP contribution in [0.3, 0.4) is 0 Å². The number of hydrogen-bond acceptors (Lipinski definition) is 11. The van der Waals surface area contributed by atoms with Crippen LogP contribution in [0, 0.1) is 5.92 Å². The third kappa shape index (κ3) is 14.3. The quantitative estimate of drug-likeness (QED) is 0.104. The van der Waals surface area contributed by atoms with E-state index in [1.165, 1.54) is 25.3 Å². The number of methoxy groups -OCH3 is 1. The van der Waals surface area contributed by atoms with Crippen LogP contribution in [0.25, 0.3) is 0 Å². The van der Waals surface area contributed by atoms with Crippen molar-refractivity contribution < 1.29 is 52.5 Å². The van der Waals surface area contributed by atoms with Crippen LogP contribution in [0.2, 0.25) is 0 Å². The van der Waals surface area contributed by atoms with E-state index < -0.39 is 65.8 Å². The Morgan fingerprint density at radius 3 is 2.23 bits per heavy atom. The van der Waals surface area contributed by atoms with Crippen molar-refractivity contribution in [2.45, 2.75) is 90.5 Å². The van der Waals surface area contributed by atoms with Gasteiger partial charge in [0.05, 0.1) is 38.2 Å². The molecule has 1 aliphatic carbocycles. The summed E-state index contributed by atoms with van der Waals surface area (Å²) >= 11 is 0. The lowest BCUT2D eigenvalue weighted by molar-refractivity contribution is -0.146. The Morgan fingerprint density at radius 2 is 1.58 bits per heavy atom. The van der Waals surface area contributed by atoms with Crippen LogP contribution in [-0.2, 0) is 44.7 Å². The molecule has 1 fully saturated rings. The molecule has 0 aliphatic heterocycles. The van der Waals surface area contributed by atoms with Gasteiger partial charge in [-0.25, -0.2) is 9.59 Å². The van der Waals surface area contributed by atoms with Crippen molar-refractivity contribution in [3.8, 4) is 0 Å². The first-order valence-corrected chi connectivity index (χ1v) is 17.6. The van der Waals surface area contributed by atoms with Crippen LogP contribution in [0.4, 0.5) is 10.5 Å². The third-order valence-corrected chi connectivity index (χ3v) is 8.19. The lowest BCUT2D eigenvalue weighted by Crippen LogP contribution is -2.56. The molecule has 0 unspecified atom stereocenters. The molecule has 0 heterocycles. The lowest BCUT2D eigenvalue weighted by Gasteiger charge is -2.28. The summed E-state index contributed by atoms with van der Waals surface area (Å²) < 4.78 is 20.7. The molecular weight excluding hydrogens is 688 g/mol. The molecule has 1 saturated carbocycles. The van der Waals surface area contributed by atoms with Crippen LogP contribution >= 0.6 is 0 Å². The average molecular weight is 739 g/mol. The summed E-state index contributed by atoms with van der Waals surface area (Å²) in [6, 6.07) is 10.4. The van der Waals surface area contributed by atoms with Crippen molar-refractivity contribution in [3.05, 3.63) is 65.2 Å². The molecule has 1 aliphatic rings. The fourth-order valence-corrected chi connectivity index (χ4v) is 5.65. The Balaban J connectivity index is 1.86. The molecule has 53 heavy (non-hydrogen) atoms. The largest absolute Gasteiger partial charge is 0.465 e. The number of amides is 4. The van der Waals surface area contributed by atoms with E-state index in [1.54, 1.807) is 27.7 Å². The topological polar surface area (TPSA) is 205 Å². The molecule has 0 radical (unpaired) electrons. The smallest absolute Gasteiger partial charge is 0.412 e. The molecule has 2 atom stereocenters. The highest BCUT2D eigenvalue weighted by Gasteiger charge is 2.33. The van der Waals surface area contributed by atoms with Gasteiger partial charge in [-0.1, -0.05) is 62.4 Å². The Kier molecular flexibility index (Phi) is 16.4. The Morgan fingerprint density at radius 1 is 0.887 bits per heavy atom. The van der Waals surface area contributed by atoms with Crippen molar-refractivity contribution in [2.75, 3.05) is 32.2 Å². The maximum atomic E-state index is 14.0. The van der Waals surface area contributed by atoms with Gasteiger partial charge in [0.15, 0.2) is 0 Å². The van der Waals surface area contributed by atoms with E-state index in [2.05, 4.69) is 21.3 Å². The molecule has 4 amide bonds. The fourth-order valence-electron chi connectivity index (χ4n) is 5.65. The lowest BCUT2D eigenvalue weighted by atomic mass is 9.84. The van der Waals surface area contributed by atoms with Crippen molar-refractivity contribution in [1.29, 1.82) is 0 Å². The molecule has 0 spiro atoms. The van der Waals surface area contributed by atoms with Gasteiger partial charge in [0.2, 0.25) is 11.7 Å². The zero-order valence-electron chi connectivity index (χ0n) is 30.9. The minimum absolute atomic E-state index is 0.00215. The van der Waals surface area contributed by atoms with Gasteiger partial charge >= 0.3 is 18.0 Å². The molecule has 4 N–H and O–H groups in total. The third-order valence-electron chi connectivity index (χ3n) is 8.19. The maximum absolute atomic E-state index is 14.0. The molecular formula is C38H50N4O11. The second-order valence-electron chi connectivity index (χ2n) is 13.6. The number of anilines is 1. The first-order chi connectivity index (χ1) is 25.2. The molecule has 15 nitrogen and oxygen atoms in total. The summed E-state index contributed by atoms with van der Waals surface area (Å²) in [5, 5.41) is 10.0. The van der Waals surface area contributed by atoms with Crippen molar-refractivity contribution >= 4 is 47.2 Å². The molecule has 288 valence electrons. The number of hydrogen-bond donors (Lipinski definition) is 4. The molecule has 15 heteroatoms. The van der Waals surface area contributed by atoms with E-state index in [4.69, 9.17) is 18.9 Å². The van der Waals surface area contributed by atoms with Crippen LogP contribution in [0.1, 0.15) is 92.5 Å². The number of ketones is 1. The number of ether oxygens (including phenoxy) is 4. The van der Waals surface area contributed by atoms with E-state index >= 15 is 0 Å². The number of carbonyl (C=O) groups is 7. The van der Waals surface area contributed by atoms with E-state index in [0.717, 1.165) is 37.7 Å². The van der Waals surface area contributed by atoms with Gasteiger partial charge in [0, 0.05) is 5.56 Å². The average Bonchev–Trinajstić information content (AvgIpc) is 3.12. The van der Waals surface area contributed by atoms with Gasteiger partial charge in [-0.2, -0.15) is 0 Å². The first-order valence-electron chi connectivity index (χ1n) is 17.6. The zero-order valence-corrected chi connectivity index (χ0v) is 30.9. The first kappa shape index (κ1) is 42.1. The van der Waals surface area contributed by atoms with Gasteiger partial charge < -0.3 is 34.9 Å². The summed E-state index contributed by atoms with van der Waals surface area (Å²) in [5.74, 6) is -5.06. The standard InChI is InChI=1S/C38H50N4O11/c1-6-52-31(43)21-39-35(47)32(44)30(23-51-22-25-15-11-8-12-16-25)41-34(46)29(19-24-13-9-7-10-14-24)40-33(45)26-17-18-27(36(48)50-5)28(20-26)42-37(49)53-38(2,3)4/h8,11-12,15-18,20,24,29-30H,6-7,9-10,13-14,19,21-23H2,1-5H3,(H,39,47)(H,40,45)(H,41,46)(H,42,49)/t29-,30-/m0/s1. The predicted molar refractivity (Wildman–Crippen MR) is 193 cm³/mol. The molecule has 3 rings (SSSR count). The number of Topliss-reactive ketones (excluding diaryl/α,β-unsaturated/α-hetero) is 1. The summed E-state index contributed by atoms with van der Waals surface area (Å²) in [6.07, 6.45) is 3.99. The number of benzene rings is 2. The number of carbonyl (C=O) groups excluding carboxylic acids is 7. The normalized spacial score (nSPS) is 14.1.